The topological polar surface area (TPSA) is 121 Å². The first-order valence-corrected chi connectivity index (χ1v) is 10.5. The number of nitrogens with zero attached hydrogens (tertiary/aromatic N) is 5. The fraction of sp³-hybridized carbons (Fsp3) is 0.412. The second-order valence-corrected chi connectivity index (χ2v) is 8.19. The predicted molar refractivity (Wildman–Crippen MR) is 112 cm³/mol. The Bertz CT molecular complexity index is 1180. The van der Waals surface area contributed by atoms with Gasteiger partial charge in [-0.15, -0.1) is 22.0 Å². The van der Waals surface area contributed by atoms with Crippen LogP contribution in [0.25, 0.3) is 11.0 Å². The number of fused-ring (bicyclic) bond motifs is 1. The summed E-state index contributed by atoms with van der Waals surface area (Å²) < 4.78 is 7.55. The summed E-state index contributed by atoms with van der Waals surface area (Å²) in [6, 6.07) is 0. The van der Waals surface area contributed by atoms with Crippen molar-refractivity contribution >= 4 is 45.2 Å². The van der Waals surface area contributed by atoms with Crippen LogP contribution in [0.1, 0.15) is 17.5 Å². The molecule has 3 rings (SSSR count). The number of carbonyl (C=O) groups is 1. The third-order valence-electron chi connectivity index (χ3n) is 4.16. The number of thioether (sulfide) groups is 1. The quantitative estimate of drug-likeness (QED) is 0.543. The van der Waals surface area contributed by atoms with E-state index in [1.54, 1.807) is 13.2 Å². The summed E-state index contributed by atoms with van der Waals surface area (Å²) in [5.74, 6) is -0.230. The molecule has 3 aromatic rings. The molecule has 0 fully saturated rings. The molecule has 0 aliphatic rings. The molecule has 12 heteroatoms. The lowest BCUT2D eigenvalue weighted by Gasteiger charge is -2.13. The third-order valence-corrected chi connectivity index (χ3v) is 6.30. The van der Waals surface area contributed by atoms with Gasteiger partial charge in [-0.05, 0) is 6.42 Å². The maximum atomic E-state index is 12.8. The number of aryl methyl sites for hydroxylation is 2. The highest BCUT2D eigenvalue weighted by Crippen LogP contribution is 2.29. The molecule has 10 nitrogen and oxygen atoms in total. The van der Waals surface area contributed by atoms with Crippen LogP contribution in [0, 0.1) is 0 Å². The van der Waals surface area contributed by atoms with Gasteiger partial charge in [-0.2, -0.15) is 0 Å². The van der Waals surface area contributed by atoms with E-state index >= 15 is 0 Å². The molecule has 29 heavy (non-hydrogen) atoms. The van der Waals surface area contributed by atoms with Gasteiger partial charge in [-0.25, -0.2) is 9.78 Å². The molecule has 0 radical (unpaired) electrons. The zero-order chi connectivity index (χ0) is 21.1. The average Bonchev–Trinajstić information content (AvgIpc) is 3.17. The molecule has 3 heterocycles. The summed E-state index contributed by atoms with van der Waals surface area (Å²) >= 11 is 2.51. The van der Waals surface area contributed by atoms with E-state index in [9.17, 15) is 14.4 Å². The van der Waals surface area contributed by atoms with E-state index in [2.05, 4.69) is 20.5 Å². The summed E-state index contributed by atoms with van der Waals surface area (Å²) in [5.41, 5.74) is -0.00494. The highest BCUT2D eigenvalue weighted by atomic mass is 32.2. The lowest BCUT2D eigenvalue weighted by atomic mass is 10.2. The van der Waals surface area contributed by atoms with Crippen LogP contribution in [0.4, 0.5) is 5.13 Å². The molecular formula is C17H20N6O4S2. The van der Waals surface area contributed by atoms with Gasteiger partial charge in [0.2, 0.25) is 11.0 Å². The molecule has 0 aliphatic heterocycles. The fourth-order valence-corrected chi connectivity index (χ4v) is 4.37. The van der Waals surface area contributed by atoms with Gasteiger partial charge in [-0.3, -0.25) is 24.0 Å². The van der Waals surface area contributed by atoms with Crippen LogP contribution in [-0.2, 0) is 36.7 Å². The smallest absolute Gasteiger partial charge is 0.332 e. The lowest BCUT2D eigenvalue weighted by Crippen LogP contribution is -2.37. The number of hydrogen-bond acceptors (Lipinski definition) is 9. The van der Waals surface area contributed by atoms with Gasteiger partial charge < -0.3 is 4.74 Å². The van der Waals surface area contributed by atoms with Gasteiger partial charge in [-0.1, -0.05) is 18.3 Å². The number of aromatic nitrogens is 5. The van der Waals surface area contributed by atoms with Crippen molar-refractivity contribution in [1.82, 2.24) is 24.3 Å². The monoisotopic (exact) mass is 436 g/mol. The van der Waals surface area contributed by atoms with E-state index in [1.807, 2.05) is 6.92 Å². The highest BCUT2D eigenvalue weighted by Gasteiger charge is 2.19. The van der Waals surface area contributed by atoms with Gasteiger partial charge in [0, 0.05) is 37.9 Å². The van der Waals surface area contributed by atoms with E-state index in [1.165, 1.54) is 41.8 Å². The van der Waals surface area contributed by atoms with Crippen molar-refractivity contribution in [1.29, 1.82) is 0 Å². The van der Waals surface area contributed by atoms with Gasteiger partial charge in [0.1, 0.15) is 10.7 Å². The number of hydrogen-bond donors (Lipinski definition) is 1. The Morgan fingerprint density at radius 2 is 2.03 bits per heavy atom. The number of carbonyl (C=O) groups excluding carboxylic acids is 1. The van der Waals surface area contributed by atoms with Gasteiger partial charge in [0.05, 0.1) is 17.7 Å². The SMILES string of the molecule is CCc1nnc(NC(=O)CSc2c(COC)cnc3c2c(=O)n(C)c(=O)n3C)s1. The summed E-state index contributed by atoms with van der Waals surface area (Å²) in [4.78, 5) is 42.2. The second-order valence-electron chi connectivity index (χ2n) is 6.14. The number of amides is 1. The molecule has 0 saturated heterocycles. The van der Waals surface area contributed by atoms with Crippen LogP contribution in [0.3, 0.4) is 0 Å². The number of pyridine rings is 1. The number of nitrogens with one attached hydrogen (secondary N) is 1. The Morgan fingerprint density at radius 3 is 2.69 bits per heavy atom. The number of methoxy groups -OCH3 is 1. The zero-order valence-corrected chi connectivity index (χ0v) is 18.0. The van der Waals surface area contributed by atoms with Crippen molar-refractivity contribution < 1.29 is 9.53 Å². The van der Waals surface area contributed by atoms with Crippen molar-refractivity contribution in [2.45, 2.75) is 24.8 Å². The normalized spacial score (nSPS) is 11.2. The molecule has 1 amide bonds. The van der Waals surface area contributed by atoms with E-state index in [0.717, 1.165) is 16.0 Å². The Kier molecular flexibility index (Phi) is 6.45. The standard InChI is InChI=1S/C17H20N6O4S2/c1-5-11-20-21-16(29-11)19-10(24)8-28-13-9(7-27-4)6-18-14-12(13)15(25)23(3)17(26)22(14)2/h6H,5,7-8H2,1-4H3,(H,19,21,24). The summed E-state index contributed by atoms with van der Waals surface area (Å²) in [6.07, 6.45) is 2.30. The van der Waals surface area contributed by atoms with Crippen LogP contribution in [0.15, 0.2) is 20.7 Å². The van der Waals surface area contributed by atoms with E-state index in [0.29, 0.717) is 15.6 Å². The van der Waals surface area contributed by atoms with E-state index < -0.39 is 11.2 Å². The van der Waals surface area contributed by atoms with Crippen LogP contribution < -0.4 is 16.6 Å². The Hall–Kier alpha value is -2.57. The van der Waals surface area contributed by atoms with Crippen LogP contribution in [0.2, 0.25) is 0 Å². The maximum Gasteiger partial charge on any atom is 0.332 e. The maximum absolute atomic E-state index is 12.8. The molecule has 1 N–H and O–H groups in total. The van der Waals surface area contributed by atoms with Crippen molar-refractivity contribution in [2.75, 3.05) is 18.2 Å². The Labute approximate surface area is 173 Å². The van der Waals surface area contributed by atoms with E-state index in [-0.39, 0.29) is 29.3 Å². The molecule has 0 atom stereocenters. The lowest BCUT2D eigenvalue weighted by molar-refractivity contribution is -0.113. The van der Waals surface area contributed by atoms with Gasteiger partial charge >= 0.3 is 5.69 Å². The molecule has 0 spiro atoms. The third kappa shape index (κ3) is 4.23. The average molecular weight is 437 g/mol. The molecule has 0 unspecified atom stereocenters. The molecule has 0 saturated carbocycles. The summed E-state index contributed by atoms with van der Waals surface area (Å²) in [6.45, 7) is 2.18. The predicted octanol–water partition coefficient (Wildman–Crippen LogP) is 0.923. The minimum atomic E-state index is -0.466. The van der Waals surface area contributed by atoms with Gasteiger partial charge in [0.25, 0.3) is 5.56 Å². The molecule has 0 bridgehead atoms. The number of rotatable bonds is 7. The fourth-order valence-electron chi connectivity index (χ4n) is 2.70. The van der Waals surface area contributed by atoms with Crippen LogP contribution >= 0.6 is 23.1 Å². The first kappa shape index (κ1) is 21.1. The molecule has 3 aromatic heterocycles. The van der Waals surface area contributed by atoms with Crippen molar-refractivity contribution in [3.8, 4) is 0 Å². The Balaban J connectivity index is 1.96. The van der Waals surface area contributed by atoms with Crippen molar-refractivity contribution in [3.05, 3.63) is 37.6 Å². The molecule has 0 aromatic carbocycles. The van der Waals surface area contributed by atoms with Gasteiger partial charge in [0.15, 0.2) is 0 Å². The molecule has 0 aliphatic carbocycles. The molecular weight excluding hydrogens is 416 g/mol. The number of anilines is 1. The number of ether oxygens (including phenoxy) is 1. The second kappa shape index (κ2) is 8.84. The highest BCUT2D eigenvalue weighted by molar-refractivity contribution is 8.00. The van der Waals surface area contributed by atoms with E-state index in [4.69, 9.17) is 4.74 Å². The first-order valence-electron chi connectivity index (χ1n) is 8.68. The first-order chi connectivity index (χ1) is 13.9. The van der Waals surface area contributed by atoms with Crippen molar-refractivity contribution in [3.63, 3.8) is 0 Å². The minimum Gasteiger partial charge on any atom is -0.380 e. The minimum absolute atomic E-state index is 0.0445. The van der Waals surface area contributed by atoms with Crippen LogP contribution in [0.5, 0.6) is 0 Å². The summed E-state index contributed by atoms with van der Waals surface area (Å²) in [5, 5.41) is 12.2. The summed E-state index contributed by atoms with van der Waals surface area (Å²) in [7, 11) is 4.50. The largest absolute Gasteiger partial charge is 0.380 e. The Morgan fingerprint density at radius 1 is 1.28 bits per heavy atom. The zero-order valence-electron chi connectivity index (χ0n) is 16.4. The molecule has 154 valence electrons. The van der Waals surface area contributed by atoms with Crippen molar-refractivity contribution in [2.24, 2.45) is 14.1 Å². The van der Waals surface area contributed by atoms with Crippen LogP contribution in [-0.4, -0.2) is 43.1 Å².